The average molecular weight is 222 g/mol. The first-order valence-electron chi connectivity index (χ1n) is 3.86. The summed E-state index contributed by atoms with van der Waals surface area (Å²) in [6.07, 6.45) is -4.61. The Bertz CT molecular complexity index is 354. The SMILES string of the molecule is CON(O)c1ccc(N)cc1C(F)(F)F. The van der Waals surface area contributed by atoms with E-state index in [-0.39, 0.29) is 10.9 Å². The monoisotopic (exact) mass is 222 g/mol. The van der Waals surface area contributed by atoms with E-state index < -0.39 is 17.4 Å². The standard InChI is InChI=1S/C8H9F3N2O2/c1-15-13(14)7-3-2-5(12)4-6(7)8(9,10)11/h2-4,14H,12H2,1H3. The zero-order chi connectivity index (χ0) is 11.6. The van der Waals surface area contributed by atoms with Crippen LogP contribution in [-0.4, -0.2) is 12.3 Å². The van der Waals surface area contributed by atoms with Crippen LogP contribution in [0.3, 0.4) is 0 Å². The van der Waals surface area contributed by atoms with Crippen LogP contribution >= 0.6 is 0 Å². The van der Waals surface area contributed by atoms with E-state index in [1.165, 1.54) is 6.07 Å². The largest absolute Gasteiger partial charge is 0.418 e. The summed E-state index contributed by atoms with van der Waals surface area (Å²) in [6.45, 7) is 0. The Morgan fingerprint density at radius 2 is 2.00 bits per heavy atom. The molecular weight excluding hydrogens is 213 g/mol. The molecule has 1 aromatic carbocycles. The molecule has 0 atom stereocenters. The molecule has 7 heteroatoms. The van der Waals surface area contributed by atoms with Crippen molar-refractivity contribution in [3.05, 3.63) is 23.8 Å². The minimum Gasteiger partial charge on any atom is -0.399 e. The molecule has 1 aromatic rings. The van der Waals surface area contributed by atoms with Crippen LogP contribution in [0.25, 0.3) is 0 Å². The Hall–Kier alpha value is -1.47. The predicted molar refractivity (Wildman–Crippen MR) is 47.1 cm³/mol. The number of nitrogens with two attached hydrogens (primary N) is 1. The summed E-state index contributed by atoms with van der Waals surface area (Å²) < 4.78 is 37.4. The van der Waals surface area contributed by atoms with Crippen molar-refractivity contribution in [2.24, 2.45) is 0 Å². The molecule has 0 saturated carbocycles. The Labute approximate surface area is 83.6 Å². The van der Waals surface area contributed by atoms with Gasteiger partial charge in [0.25, 0.3) is 0 Å². The second kappa shape index (κ2) is 3.95. The van der Waals surface area contributed by atoms with Crippen molar-refractivity contribution >= 4 is 11.4 Å². The first kappa shape index (κ1) is 11.6. The van der Waals surface area contributed by atoms with Gasteiger partial charge in [0, 0.05) is 5.69 Å². The molecule has 0 aliphatic carbocycles. The minimum absolute atomic E-state index is 0.0300. The number of nitrogen functional groups attached to an aromatic ring is 1. The van der Waals surface area contributed by atoms with Gasteiger partial charge in [-0.2, -0.15) is 13.2 Å². The molecule has 0 amide bonds. The number of benzene rings is 1. The van der Waals surface area contributed by atoms with E-state index in [1.807, 2.05) is 0 Å². The maximum atomic E-state index is 12.5. The van der Waals surface area contributed by atoms with Crippen LogP contribution in [-0.2, 0) is 11.0 Å². The highest BCUT2D eigenvalue weighted by Crippen LogP contribution is 2.37. The summed E-state index contributed by atoms with van der Waals surface area (Å²) in [4.78, 5) is 4.26. The molecule has 3 N–H and O–H groups in total. The van der Waals surface area contributed by atoms with Crippen LogP contribution in [0, 0.1) is 0 Å². The molecule has 0 heterocycles. The minimum atomic E-state index is -4.61. The third kappa shape index (κ3) is 2.51. The van der Waals surface area contributed by atoms with E-state index in [0.29, 0.717) is 0 Å². The van der Waals surface area contributed by atoms with Crippen LogP contribution in [0.1, 0.15) is 5.56 Å². The Kier molecular flexibility index (Phi) is 3.06. The van der Waals surface area contributed by atoms with Crippen molar-refractivity contribution in [2.75, 3.05) is 18.1 Å². The summed E-state index contributed by atoms with van der Waals surface area (Å²) in [6, 6.07) is 2.96. The van der Waals surface area contributed by atoms with Crippen molar-refractivity contribution in [2.45, 2.75) is 6.18 Å². The van der Waals surface area contributed by atoms with Gasteiger partial charge in [-0.05, 0) is 18.2 Å². The number of hydrogen-bond acceptors (Lipinski definition) is 4. The zero-order valence-corrected chi connectivity index (χ0v) is 7.75. The van der Waals surface area contributed by atoms with Gasteiger partial charge in [-0.25, -0.2) is 0 Å². The van der Waals surface area contributed by atoms with E-state index >= 15 is 0 Å². The van der Waals surface area contributed by atoms with E-state index in [4.69, 9.17) is 10.9 Å². The molecule has 0 aromatic heterocycles. The van der Waals surface area contributed by atoms with Gasteiger partial charge >= 0.3 is 6.18 Å². The lowest BCUT2D eigenvalue weighted by Gasteiger charge is -2.18. The Morgan fingerprint density at radius 1 is 1.40 bits per heavy atom. The number of rotatable bonds is 2. The summed E-state index contributed by atoms with van der Waals surface area (Å²) in [5, 5.41) is 9.06. The average Bonchev–Trinajstić information content (AvgIpc) is 2.15. The van der Waals surface area contributed by atoms with Gasteiger partial charge < -0.3 is 5.73 Å². The lowest BCUT2D eigenvalue weighted by atomic mass is 10.1. The van der Waals surface area contributed by atoms with E-state index in [1.54, 1.807) is 0 Å². The van der Waals surface area contributed by atoms with Crippen molar-refractivity contribution in [3.8, 4) is 0 Å². The number of alkyl halides is 3. The molecule has 0 unspecified atom stereocenters. The molecule has 0 fully saturated rings. The van der Waals surface area contributed by atoms with Crippen LogP contribution in [0.4, 0.5) is 24.5 Å². The maximum Gasteiger partial charge on any atom is 0.418 e. The molecule has 0 spiro atoms. The highest BCUT2D eigenvalue weighted by molar-refractivity contribution is 5.58. The molecular formula is C8H9F3N2O2. The number of anilines is 2. The van der Waals surface area contributed by atoms with Crippen molar-refractivity contribution in [1.29, 1.82) is 0 Å². The molecule has 0 aliphatic heterocycles. The highest BCUT2D eigenvalue weighted by atomic mass is 19.4. The van der Waals surface area contributed by atoms with E-state index in [2.05, 4.69) is 4.84 Å². The molecule has 0 radical (unpaired) electrons. The smallest absolute Gasteiger partial charge is 0.399 e. The van der Waals surface area contributed by atoms with Gasteiger partial charge in [0.15, 0.2) is 0 Å². The lowest BCUT2D eigenvalue weighted by molar-refractivity contribution is -0.139. The number of nitrogens with zero attached hydrogens (tertiary/aromatic N) is 1. The molecule has 84 valence electrons. The number of halogens is 3. The van der Waals surface area contributed by atoms with Gasteiger partial charge in [-0.3, -0.25) is 10.0 Å². The lowest BCUT2D eigenvalue weighted by Crippen LogP contribution is -2.20. The summed E-state index contributed by atoms with van der Waals surface area (Å²) in [5.74, 6) is 0. The van der Waals surface area contributed by atoms with Gasteiger partial charge in [0.2, 0.25) is 0 Å². The second-order valence-electron chi connectivity index (χ2n) is 2.73. The third-order valence-electron chi connectivity index (χ3n) is 1.71. The third-order valence-corrected chi connectivity index (χ3v) is 1.71. The van der Waals surface area contributed by atoms with Crippen LogP contribution in [0.5, 0.6) is 0 Å². The summed E-state index contributed by atoms with van der Waals surface area (Å²) in [5.41, 5.74) is 3.60. The van der Waals surface area contributed by atoms with E-state index in [0.717, 1.165) is 19.2 Å². The first-order chi connectivity index (χ1) is 6.86. The molecule has 0 aliphatic rings. The predicted octanol–water partition coefficient (Wildman–Crippen LogP) is 2.04. The number of hydrogen-bond donors (Lipinski definition) is 2. The Balaban J connectivity index is 3.27. The Morgan fingerprint density at radius 3 is 2.47 bits per heavy atom. The molecule has 15 heavy (non-hydrogen) atoms. The quantitative estimate of drug-likeness (QED) is 0.593. The topological polar surface area (TPSA) is 58.7 Å². The van der Waals surface area contributed by atoms with Crippen molar-refractivity contribution in [1.82, 2.24) is 0 Å². The maximum absolute atomic E-state index is 12.5. The van der Waals surface area contributed by atoms with Gasteiger partial charge in [0.1, 0.15) is 5.69 Å². The van der Waals surface area contributed by atoms with Crippen LogP contribution in [0.2, 0.25) is 0 Å². The fourth-order valence-corrected chi connectivity index (χ4v) is 1.05. The summed E-state index contributed by atoms with van der Waals surface area (Å²) >= 11 is 0. The fraction of sp³-hybridized carbons (Fsp3) is 0.250. The van der Waals surface area contributed by atoms with Crippen molar-refractivity contribution < 1.29 is 23.2 Å². The van der Waals surface area contributed by atoms with E-state index in [9.17, 15) is 13.2 Å². The highest BCUT2D eigenvalue weighted by Gasteiger charge is 2.35. The summed E-state index contributed by atoms with van der Waals surface area (Å²) in [7, 11) is 1.04. The second-order valence-corrected chi connectivity index (χ2v) is 2.73. The van der Waals surface area contributed by atoms with Crippen LogP contribution in [0.15, 0.2) is 18.2 Å². The molecule has 4 nitrogen and oxygen atoms in total. The van der Waals surface area contributed by atoms with Crippen molar-refractivity contribution in [3.63, 3.8) is 0 Å². The zero-order valence-electron chi connectivity index (χ0n) is 7.75. The molecule has 0 bridgehead atoms. The molecule has 1 rings (SSSR count). The van der Waals surface area contributed by atoms with Gasteiger partial charge in [-0.15, -0.1) is 5.23 Å². The fourth-order valence-electron chi connectivity index (χ4n) is 1.05. The van der Waals surface area contributed by atoms with Gasteiger partial charge in [-0.1, -0.05) is 0 Å². The van der Waals surface area contributed by atoms with Gasteiger partial charge in [0.05, 0.1) is 12.7 Å². The first-order valence-corrected chi connectivity index (χ1v) is 3.86. The van der Waals surface area contributed by atoms with Crippen LogP contribution < -0.4 is 11.0 Å². The normalized spacial score (nSPS) is 11.5. The molecule has 0 saturated heterocycles.